The van der Waals surface area contributed by atoms with Gasteiger partial charge in [0, 0.05) is 6.42 Å². The Balaban J connectivity index is 2.05. The van der Waals surface area contributed by atoms with Gasteiger partial charge in [-0.05, 0) is 6.92 Å². The van der Waals surface area contributed by atoms with Crippen molar-refractivity contribution >= 4 is 5.97 Å². The zero-order valence-corrected chi connectivity index (χ0v) is 7.77. The summed E-state index contributed by atoms with van der Waals surface area (Å²) in [7, 11) is 0. The molecule has 0 aromatic rings. The van der Waals surface area contributed by atoms with Crippen LogP contribution in [0.5, 0.6) is 0 Å². The smallest absolute Gasteiger partial charge is 0.315 e. The minimum absolute atomic E-state index is 0.172. The number of ether oxygens (including phenoxy) is 2. The molecule has 0 bridgehead atoms. The van der Waals surface area contributed by atoms with E-state index in [1.54, 1.807) is 6.92 Å². The highest BCUT2D eigenvalue weighted by Gasteiger charge is 2.79. The van der Waals surface area contributed by atoms with Gasteiger partial charge in [0.25, 0.3) is 0 Å². The van der Waals surface area contributed by atoms with Crippen molar-refractivity contribution in [1.82, 2.24) is 0 Å². The van der Waals surface area contributed by atoms with Crippen LogP contribution in [-0.2, 0) is 14.3 Å². The number of rotatable bonds is 0. The Kier molecular flexibility index (Phi) is 1.31. The Morgan fingerprint density at radius 1 is 1.57 bits per heavy atom. The van der Waals surface area contributed by atoms with Crippen molar-refractivity contribution in [2.45, 2.75) is 36.8 Å². The van der Waals surface area contributed by atoms with Gasteiger partial charge in [0.1, 0.15) is 29.3 Å². The number of carbonyl (C=O) groups is 1. The molecule has 0 amide bonds. The third kappa shape index (κ3) is 0.711. The third-order valence-corrected chi connectivity index (χ3v) is 3.74. The van der Waals surface area contributed by atoms with Crippen molar-refractivity contribution < 1.29 is 24.5 Å². The summed E-state index contributed by atoms with van der Waals surface area (Å²) < 4.78 is 10.1. The maximum absolute atomic E-state index is 11.5. The molecule has 3 aliphatic rings. The average molecular weight is 200 g/mol. The van der Waals surface area contributed by atoms with Crippen molar-refractivity contribution in [2.75, 3.05) is 6.61 Å². The Morgan fingerprint density at radius 3 is 2.93 bits per heavy atom. The molecule has 5 heteroatoms. The van der Waals surface area contributed by atoms with Gasteiger partial charge >= 0.3 is 5.97 Å². The maximum Gasteiger partial charge on any atom is 0.315 e. The molecule has 2 aliphatic heterocycles. The number of aliphatic hydroxyl groups is 2. The standard InChI is InChI=1S/C9H12O5/c1-8-4-7(11)13-3-2-9(4,12)5(10)6(8)14-8/h4-6,10,12H,2-3H2,1H3/t4-,5+,6+,8-,9+/m0/s1. The van der Waals surface area contributed by atoms with E-state index in [-0.39, 0.29) is 6.61 Å². The summed E-state index contributed by atoms with van der Waals surface area (Å²) >= 11 is 0. The van der Waals surface area contributed by atoms with E-state index in [1.807, 2.05) is 0 Å². The molecule has 0 spiro atoms. The fourth-order valence-corrected chi connectivity index (χ4v) is 2.91. The highest BCUT2D eigenvalue weighted by atomic mass is 16.6. The van der Waals surface area contributed by atoms with Gasteiger partial charge in [0.05, 0.1) is 6.61 Å². The van der Waals surface area contributed by atoms with Crippen LogP contribution in [0.2, 0.25) is 0 Å². The fraction of sp³-hybridized carbons (Fsp3) is 0.889. The number of aliphatic hydroxyl groups excluding tert-OH is 1. The predicted octanol–water partition coefficient (Wildman–Crippen LogP) is -1.19. The molecule has 2 N–H and O–H groups in total. The van der Waals surface area contributed by atoms with Crippen molar-refractivity contribution in [3.05, 3.63) is 0 Å². The van der Waals surface area contributed by atoms with E-state index in [0.717, 1.165) is 0 Å². The Morgan fingerprint density at radius 2 is 2.29 bits per heavy atom. The van der Waals surface area contributed by atoms with E-state index in [4.69, 9.17) is 9.47 Å². The number of carbonyl (C=O) groups excluding carboxylic acids is 1. The number of hydrogen-bond donors (Lipinski definition) is 2. The Hall–Kier alpha value is -0.650. The van der Waals surface area contributed by atoms with Crippen LogP contribution in [0.3, 0.4) is 0 Å². The second kappa shape index (κ2) is 2.13. The van der Waals surface area contributed by atoms with Crippen molar-refractivity contribution in [3.63, 3.8) is 0 Å². The Labute approximate surface area is 80.6 Å². The number of cyclic esters (lactones) is 1. The highest BCUT2D eigenvalue weighted by Crippen LogP contribution is 2.60. The summed E-state index contributed by atoms with van der Waals surface area (Å²) in [5.41, 5.74) is -2.06. The van der Waals surface area contributed by atoms with Gasteiger partial charge in [0.15, 0.2) is 0 Å². The minimum Gasteiger partial charge on any atom is -0.465 e. The normalized spacial score (nSPS) is 60.2. The second-order valence-corrected chi connectivity index (χ2v) is 4.51. The lowest BCUT2D eigenvalue weighted by Gasteiger charge is -2.38. The van der Waals surface area contributed by atoms with Crippen molar-refractivity contribution in [1.29, 1.82) is 0 Å². The lowest BCUT2D eigenvalue weighted by Crippen LogP contribution is -2.55. The van der Waals surface area contributed by atoms with Crippen LogP contribution < -0.4 is 0 Å². The maximum atomic E-state index is 11.5. The van der Waals surface area contributed by atoms with Crippen LogP contribution in [-0.4, -0.2) is 46.2 Å². The van der Waals surface area contributed by atoms with E-state index < -0.39 is 35.3 Å². The molecule has 0 aromatic heterocycles. The predicted molar refractivity (Wildman–Crippen MR) is 43.3 cm³/mol. The van der Waals surface area contributed by atoms with E-state index >= 15 is 0 Å². The molecule has 0 radical (unpaired) electrons. The first-order valence-electron chi connectivity index (χ1n) is 4.75. The molecular formula is C9H12O5. The molecule has 3 rings (SSSR count). The largest absolute Gasteiger partial charge is 0.465 e. The zero-order chi connectivity index (χ0) is 10.1. The highest BCUT2D eigenvalue weighted by molar-refractivity contribution is 5.78. The van der Waals surface area contributed by atoms with Crippen LogP contribution in [0, 0.1) is 5.92 Å². The number of fused-ring (bicyclic) bond motifs is 3. The minimum atomic E-state index is -1.34. The molecule has 2 heterocycles. The van der Waals surface area contributed by atoms with Crippen LogP contribution in [0.1, 0.15) is 13.3 Å². The molecule has 2 saturated heterocycles. The quantitative estimate of drug-likeness (QED) is 0.380. The number of hydrogen-bond acceptors (Lipinski definition) is 5. The van der Waals surface area contributed by atoms with Gasteiger partial charge in [-0.25, -0.2) is 0 Å². The molecule has 14 heavy (non-hydrogen) atoms. The van der Waals surface area contributed by atoms with E-state index in [9.17, 15) is 15.0 Å². The zero-order valence-electron chi connectivity index (χ0n) is 7.77. The van der Waals surface area contributed by atoms with Gasteiger partial charge in [-0.15, -0.1) is 0 Å². The average Bonchev–Trinajstić information content (AvgIpc) is 2.72. The van der Waals surface area contributed by atoms with E-state index in [0.29, 0.717) is 6.42 Å². The summed E-state index contributed by atoms with van der Waals surface area (Å²) in [4.78, 5) is 11.5. The van der Waals surface area contributed by atoms with Gasteiger partial charge < -0.3 is 19.7 Å². The molecule has 1 aliphatic carbocycles. The molecule has 3 fully saturated rings. The lowest BCUT2D eigenvalue weighted by molar-refractivity contribution is -0.195. The van der Waals surface area contributed by atoms with Crippen LogP contribution in [0.4, 0.5) is 0 Å². The molecule has 1 saturated carbocycles. The van der Waals surface area contributed by atoms with Gasteiger partial charge in [-0.3, -0.25) is 4.79 Å². The molecule has 5 nitrogen and oxygen atoms in total. The van der Waals surface area contributed by atoms with Crippen molar-refractivity contribution in [2.24, 2.45) is 5.92 Å². The molecule has 0 unspecified atom stereocenters. The summed E-state index contributed by atoms with van der Waals surface area (Å²) in [6.45, 7) is 1.90. The van der Waals surface area contributed by atoms with Gasteiger partial charge in [-0.2, -0.15) is 0 Å². The van der Waals surface area contributed by atoms with Crippen LogP contribution >= 0.6 is 0 Å². The van der Waals surface area contributed by atoms with Gasteiger partial charge in [0.2, 0.25) is 0 Å². The fourth-order valence-electron chi connectivity index (χ4n) is 2.91. The van der Waals surface area contributed by atoms with Crippen molar-refractivity contribution in [3.8, 4) is 0 Å². The molecule has 78 valence electrons. The van der Waals surface area contributed by atoms with E-state index in [2.05, 4.69) is 0 Å². The molecular weight excluding hydrogens is 188 g/mol. The topological polar surface area (TPSA) is 79.3 Å². The van der Waals surface area contributed by atoms with Crippen LogP contribution in [0.15, 0.2) is 0 Å². The summed E-state index contributed by atoms with van der Waals surface area (Å²) in [6.07, 6.45) is -1.09. The second-order valence-electron chi connectivity index (χ2n) is 4.51. The molecule has 5 atom stereocenters. The number of epoxide rings is 1. The van der Waals surface area contributed by atoms with E-state index in [1.165, 1.54) is 0 Å². The van der Waals surface area contributed by atoms with Crippen LogP contribution in [0.25, 0.3) is 0 Å². The van der Waals surface area contributed by atoms with Gasteiger partial charge in [-0.1, -0.05) is 0 Å². The summed E-state index contributed by atoms with van der Waals surface area (Å²) in [5.74, 6) is -1.19. The first-order valence-corrected chi connectivity index (χ1v) is 4.75. The monoisotopic (exact) mass is 200 g/mol. The SMILES string of the molecule is C[C@@]12O[C@@H]1[C@@H](O)[C@@]1(O)CCOC(=O)[C@H]12. The lowest BCUT2D eigenvalue weighted by atomic mass is 9.80. The third-order valence-electron chi connectivity index (χ3n) is 3.74. The number of esters is 1. The first-order chi connectivity index (χ1) is 6.50. The first kappa shape index (κ1) is 8.64. The summed E-state index contributed by atoms with van der Waals surface area (Å²) in [5, 5.41) is 20.0. The summed E-state index contributed by atoms with van der Waals surface area (Å²) in [6, 6.07) is 0. The molecule has 0 aromatic carbocycles. The Bertz CT molecular complexity index is 316.